The summed E-state index contributed by atoms with van der Waals surface area (Å²) < 4.78 is 5.24. The summed E-state index contributed by atoms with van der Waals surface area (Å²) in [5, 5.41) is 9.01. The van der Waals surface area contributed by atoms with Crippen molar-refractivity contribution in [1.82, 2.24) is 0 Å². The number of methoxy groups -OCH3 is 1. The fraction of sp³-hybridized carbons (Fsp3) is 0.857. The van der Waals surface area contributed by atoms with Crippen LogP contribution in [0, 0.1) is 11.8 Å². The van der Waals surface area contributed by atoms with Crippen molar-refractivity contribution >= 4 is 12.1 Å². The molecular weight excluding hydrogens is 260 g/mol. The average molecular weight is 285 g/mol. The maximum absolute atomic E-state index is 12.4. The van der Waals surface area contributed by atoms with Crippen LogP contribution in [0.2, 0.25) is 0 Å². The van der Waals surface area contributed by atoms with Crippen LogP contribution in [0.5, 0.6) is 0 Å². The first kappa shape index (κ1) is 15.3. The van der Waals surface area contributed by atoms with Gasteiger partial charge < -0.3 is 15.6 Å². The summed E-state index contributed by atoms with van der Waals surface area (Å²) >= 11 is 0. The number of amides is 1. The van der Waals surface area contributed by atoms with Gasteiger partial charge in [0.25, 0.3) is 0 Å². The number of carboxylic acid groups (broad SMARTS) is 1. The number of carbonyl (C=O) groups is 2. The van der Waals surface area contributed by atoms with Crippen molar-refractivity contribution in [3.63, 3.8) is 0 Å². The van der Waals surface area contributed by atoms with Gasteiger partial charge in [-0.25, -0.2) is 4.48 Å². The van der Waals surface area contributed by atoms with Crippen molar-refractivity contribution in [1.29, 1.82) is 0 Å². The summed E-state index contributed by atoms with van der Waals surface area (Å²) in [6.07, 6.45) is 2.47. The van der Waals surface area contributed by atoms with E-state index in [-0.39, 0.29) is 35.0 Å². The first-order chi connectivity index (χ1) is 9.37. The SMILES string of the molecule is COC(=O)[N+]1(C2CC(C)C2)CC(N)CC(CC(=O)O)C1. The summed E-state index contributed by atoms with van der Waals surface area (Å²) in [5.41, 5.74) is 6.10. The van der Waals surface area contributed by atoms with E-state index in [1.807, 2.05) is 0 Å². The quantitative estimate of drug-likeness (QED) is 0.760. The van der Waals surface area contributed by atoms with Gasteiger partial charge in [-0.3, -0.25) is 4.79 Å². The first-order valence-electron chi connectivity index (χ1n) is 7.30. The minimum absolute atomic E-state index is 0.0498. The Labute approximate surface area is 119 Å². The molecule has 1 heterocycles. The van der Waals surface area contributed by atoms with Crippen LogP contribution in [0.15, 0.2) is 0 Å². The molecule has 2 aliphatic rings. The summed E-state index contributed by atoms with van der Waals surface area (Å²) in [6.45, 7) is 3.28. The highest BCUT2D eigenvalue weighted by Gasteiger charge is 2.54. The Morgan fingerprint density at radius 1 is 1.30 bits per heavy atom. The molecule has 0 aromatic carbocycles. The van der Waals surface area contributed by atoms with Gasteiger partial charge in [0.1, 0.15) is 6.54 Å². The summed E-state index contributed by atoms with van der Waals surface area (Å²) in [4.78, 5) is 23.3. The Bertz CT molecular complexity index is 395. The Hall–Kier alpha value is -1.14. The fourth-order valence-electron chi connectivity index (χ4n) is 3.97. The molecule has 20 heavy (non-hydrogen) atoms. The number of hydrogen-bond donors (Lipinski definition) is 2. The maximum atomic E-state index is 12.4. The number of ether oxygens (including phenoxy) is 1. The molecule has 0 spiro atoms. The van der Waals surface area contributed by atoms with Crippen LogP contribution in [-0.4, -0.2) is 53.9 Å². The molecule has 0 aromatic rings. The molecule has 114 valence electrons. The summed E-state index contributed by atoms with van der Waals surface area (Å²) in [6, 6.07) is 0.100. The molecule has 2 rings (SSSR count). The Kier molecular flexibility index (Phi) is 4.34. The van der Waals surface area contributed by atoms with Crippen LogP contribution in [-0.2, 0) is 9.53 Å². The molecule has 1 saturated heterocycles. The van der Waals surface area contributed by atoms with Gasteiger partial charge in [0, 0.05) is 18.8 Å². The van der Waals surface area contributed by atoms with Gasteiger partial charge in [-0.2, -0.15) is 4.79 Å². The molecule has 1 aliphatic carbocycles. The average Bonchev–Trinajstić information content (AvgIpc) is 2.32. The molecule has 1 saturated carbocycles. The Morgan fingerprint density at radius 2 is 1.95 bits per heavy atom. The summed E-state index contributed by atoms with van der Waals surface area (Å²) in [7, 11) is 1.40. The van der Waals surface area contributed by atoms with Crippen LogP contribution in [0.3, 0.4) is 0 Å². The largest absolute Gasteiger partial charge is 0.516 e. The number of rotatable bonds is 3. The zero-order valence-electron chi connectivity index (χ0n) is 12.2. The van der Waals surface area contributed by atoms with E-state index in [0.717, 1.165) is 12.8 Å². The second-order valence-corrected chi connectivity index (χ2v) is 6.56. The highest BCUT2D eigenvalue weighted by Crippen LogP contribution is 2.40. The Morgan fingerprint density at radius 3 is 2.45 bits per heavy atom. The van der Waals surface area contributed by atoms with Gasteiger partial charge in [0.15, 0.2) is 0 Å². The molecule has 1 amide bonds. The van der Waals surface area contributed by atoms with Gasteiger partial charge in [0.05, 0.1) is 32.2 Å². The number of aliphatic carboxylic acids is 1. The van der Waals surface area contributed by atoms with E-state index in [1.54, 1.807) is 0 Å². The standard InChI is InChI=1S/C14H24N2O4/c1-9-3-12(4-9)16(14(19)20-2)7-10(6-13(17)18)5-11(15)8-16/h9-12H,3-8,15H2,1-2H3/p+1. The monoisotopic (exact) mass is 285 g/mol. The third kappa shape index (κ3) is 2.81. The van der Waals surface area contributed by atoms with E-state index in [2.05, 4.69) is 6.92 Å². The number of piperidine rings is 1. The van der Waals surface area contributed by atoms with E-state index in [4.69, 9.17) is 15.6 Å². The molecule has 3 unspecified atom stereocenters. The van der Waals surface area contributed by atoms with E-state index in [1.165, 1.54) is 7.11 Å². The van der Waals surface area contributed by atoms with Gasteiger partial charge in [0.2, 0.25) is 0 Å². The lowest BCUT2D eigenvalue weighted by molar-refractivity contribution is -0.899. The van der Waals surface area contributed by atoms with Crippen molar-refractivity contribution in [2.75, 3.05) is 20.2 Å². The first-order valence-corrected chi connectivity index (χ1v) is 7.30. The normalized spacial score (nSPS) is 40.8. The highest BCUT2D eigenvalue weighted by molar-refractivity contribution is 5.67. The van der Waals surface area contributed by atoms with Crippen LogP contribution >= 0.6 is 0 Å². The van der Waals surface area contributed by atoms with E-state index < -0.39 is 5.97 Å². The third-order valence-electron chi connectivity index (χ3n) is 4.83. The van der Waals surface area contributed by atoms with E-state index in [0.29, 0.717) is 25.4 Å². The van der Waals surface area contributed by atoms with Crippen LogP contribution in [0.4, 0.5) is 4.79 Å². The van der Waals surface area contributed by atoms with Gasteiger partial charge in [-0.1, -0.05) is 6.92 Å². The molecule has 2 fully saturated rings. The van der Waals surface area contributed by atoms with Crippen LogP contribution in [0.1, 0.15) is 32.6 Å². The number of hydrogen-bond acceptors (Lipinski definition) is 4. The smallest absolute Gasteiger partial charge is 0.481 e. The summed E-state index contributed by atoms with van der Waals surface area (Å²) in [5.74, 6) is -0.254. The van der Waals surface area contributed by atoms with Gasteiger partial charge >= 0.3 is 12.1 Å². The van der Waals surface area contributed by atoms with Crippen molar-refractivity contribution in [2.24, 2.45) is 17.6 Å². The molecular formula is C14H25N2O4+. The van der Waals surface area contributed by atoms with Crippen molar-refractivity contribution in [2.45, 2.75) is 44.7 Å². The van der Waals surface area contributed by atoms with E-state index >= 15 is 0 Å². The van der Waals surface area contributed by atoms with Crippen molar-refractivity contribution < 1.29 is 23.9 Å². The molecule has 6 nitrogen and oxygen atoms in total. The van der Waals surface area contributed by atoms with Crippen LogP contribution < -0.4 is 5.73 Å². The molecule has 3 atom stereocenters. The van der Waals surface area contributed by atoms with Crippen molar-refractivity contribution in [3.05, 3.63) is 0 Å². The van der Waals surface area contributed by atoms with Crippen LogP contribution in [0.25, 0.3) is 0 Å². The molecule has 0 bridgehead atoms. The second kappa shape index (κ2) is 5.69. The number of nitrogens with two attached hydrogens (primary N) is 1. The third-order valence-corrected chi connectivity index (χ3v) is 4.83. The van der Waals surface area contributed by atoms with Gasteiger partial charge in [-0.05, 0) is 12.3 Å². The lowest BCUT2D eigenvalue weighted by atomic mass is 9.76. The number of carboxylic acids is 1. The topological polar surface area (TPSA) is 89.6 Å². The minimum atomic E-state index is -0.825. The maximum Gasteiger partial charge on any atom is 0.516 e. The molecule has 0 aromatic heterocycles. The zero-order chi connectivity index (χ0) is 14.9. The minimum Gasteiger partial charge on any atom is -0.481 e. The highest BCUT2D eigenvalue weighted by atomic mass is 16.5. The van der Waals surface area contributed by atoms with E-state index in [9.17, 15) is 9.59 Å². The number of carbonyl (C=O) groups excluding carboxylic acids is 1. The molecule has 3 N–H and O–H groups in total. The lowest BCUT2D eigenvalue weighted by Crippen LogP contribution is -2.70. The predicted molar refractivity (Wildman–Crippen MR) is 72.9 cm³/mol. The predicted octanol–water partition coefficient (Wildman–Crippen LogP) is 1.19. The number of quaternary nitrogens is 1. The zero-order valence-corrected chi connectivity index (χ0v) is 12.2. The number of nitrogens with zero attached hydrogens (tertiary/aromatic N) is 1. The Balaban J connectivity index is 2.20. The molecule has 6 heteroatoms. The number of likely N-dealkylation sites (tertiary alicyclic amines) is 1. The fourth-order valence-corrected chi connectivity index (χ4v) is 3.97. The lowest BCUT2D eigenvalue weighted by Gasteiger charge is -2.51. The second-order valence-electron chi connectivity index (χ2n) is 6.56. The van der Waals surface area contributed by atoms with Gasteiger partial charge in [-0.15, -0.1) is 0 Å². The van der Waals surface area contributed by atoms with Crippen molar-refractivity contribution in [3.8, 4) is 0 Å². The molecule has 0 radical (unpaired) electrons. The molecule has 1 aliphatic heterocycles.